The van der Waals surface area contributed by atoms with Crippen molar-refractivity contribution in [2.45, 2.75) is 39.7 Å². The molecule has 0 spiro atoms. The summed E-state index contributed by atoms with van der Waals surface area (Å²) in [5.41, 5.74) is 3.68. The van der Waals surface area contributed by atoms with Gasteiger partial charge in [0.2, 0.25) is 0 Å². The molecule has 0 saturated carbocycles. The highest BCUT2D eigenvalue weighted by Crippen LogP contribution is 2.16. The van der Waals surface area contributed by atoms with E-state index in [-0.39, 0.29) is 18.6 Å². The zero-order chi connectivity index (χ0) is 16.7. The zero-order valence-electron chi connectivity index (χ0n) is 14.1. The quantitative estimate of drug-likeness (QED) is 0.844. The number of ether oxygens (including phenoxy) is 1. The monoisotopic (exact) mass is 311 g/mol. The van der Waals surface area contributed by atoms with Crippen LogP contribution in [-0.4, -0.2) is 18.6 Å². The second-order valence-corrected chi connectivity index (χ2v) is 6.03. The van der Waals surface area contributed by atoms with Crippen LogP contribution in [0.1, 0.15) is 30.0 Å². The second-order valence-electron chi connectivity index (χ2n) is 6.03. The fourth-order valence-electron chi connectivity index (χ4n) is 2.37. The molecule has 0 unspecified atom stereocenters. The van der Waals surface area contributed by atoms with Crippen molar-refractivity contribution in [3.63, 3.8) is 0 Å². The van der Waals surface area contributed by atoms with Gasteiger partial charge < -0.3 is 10.1 Å². The van der Waals surface area contributed by atoms with E-state index in [0.29, 0.717) is 0 Å². The molecule has 0 aromatic heterocycles. The van der Waals surface area contributed by atoms with E-state index in [4.69, 9.17) is 4.74 Å². The Balaban J connectivity index is 1.72. The summed E-state index contributed by atoms with van der Waals surface area (Å²) in [7, 11) is 0. The summed E-state index contributed by atoms with van der Waals surface area (Å²) in [6.07, 6.45) is 1.87. The molecule has 3 heteroatoms. The number of benzene rings is 2. The molecule has 1 atom stereocenters. The van der Waals surface area contributed by atoms with Crippen molar-refractivity contribution in [2.75, 3.05) is 6.61 Å². The van der Waals surface area contributed by atoms with E-state index in [1.807, 2.05) is 50.2 Å². The largest absolute Gasteiger partial charge is 0.484 e. The summed E-state index contributed by atoms with van der Waals surface area (Å²) in [6.45, 7) is 6.17. The third-order valence-corrected chi connectivity index (χ3v) is 3.96. The van der Waals surface area contributed by atoms with E-state index >= 15 is 0 Å². The highest BCUT2D eigenvalue weighted by atomic mass is 16.5. The molecule has 2 aromatic rings. The van der Waals surface area contributed by atoms with Gasteiger partial charge in [-0.05, 0) is 62.4 Å². The molecule has 3 nitrogen and oxygen atoms in total. The van der Waals surface area contributed by atoms with Crippen LogP contribution in [0.2, 0.25) is 0 Å². The van der Waals surface area contributed by atoms with Gasteiger partial charge in [0.05, 0.1) is 0 Å². The fourth-order valence-corrected chi connectivity index (χ4v) is 2.37. The second kappa shape index (κ2) is 8.37. The first-order valence-corrected chi connectivity index (χ1v) is 8.08. The van der Waals surface area contributed by atoms with Gasteiger partial charge >= 0.3 is 0 Å². The van der Waals surface area contributed by atoms with Gasteiger partial charge in [-0.3, -0.25) is 4.79 Å². The Bertz CT molecular complexity index is 637. The number of carbonyl (C=O) groups is 1. The number of carbonyl (C=O) groups excluding carboxylic acids is 1. The molecule has 0 aliphatic carbocycles. The van der Waals surface area contributed by atoms with Gasteiger partial charge in [0.25, 0.3) is 5.91 Å². The Morgan fingerprint density at radius 3 is 2.52 bits per heavy atom. The minimum Gasteiger partial charge on any atom is -0.484 e. The van der Waals surface area contributed by atoms with Gasteiger partial charge in [0, 0.05) is 6.04 Å². The first kappa shape index (κ1) is 17.1. The summed E-state index contributed by atoms with van der Waals surface area (Å²) in [5.74, 6) is 0.656. The smallest absolute Gasteiger partial charge is 0.258 e. The summed E-state index contributed by atoms with van der Waals surface area (Å²) >= 11 is 0. The Hall–Kier alpha value is -2.29. The van der Waals surface area contributed by atoms with Crippen LogP contribution in [0.25, 0.3) is 0 Å². The van der Waals surface area contributed by atoms with Gasteiger partial charge in [0.1, 0.15) is 5.75 Å². The third-order valence-electron chi connectivity index (χ3n) is 3.96. The molecule has 122 valence electrons. The molecule has 1 amide bonds. The van der Waals surface area contributed by atoms with E-state index in [9.17, 15) is 4.79 Å². The predicted molar refractivity (Wildman–Crippen MR) is 93.8 cm³/mol. The van der Waals surface area contributed by atoms with Gasteiger partial charge in [-0.1, -0.05) is 36.4 Å². The van der Waals surface area contributed by atoms with Crippen molar-refractivity contribution in [2.24, 2.45) is 0 Å². The number of rotatable bonds is 7. The molecule has 1 N–H and O–H groups in total. The number of hydrogen-bond donors (Lipinski definition) is 1. The van der Waals surface area contributed by atoms with Gasteiger partial charge in [0.15, 0.2) is 6.61 Å². The van der Waals surface area contributed by atoms with Crippen LogP contribution >= 0.6 is 0 Å². The Labute approximate surface area is 138 Å². The van der Waals surface area contributed by atoms with E-state index in [0.717, 1.165) is 18.6 Å². The highest BCUT2D eigenvalue weighted by Gasteiger charge is 2.08. The minimum atomic E-state index is -0.0798. The molecule has 0 radical (unpaired) electrons. The average molecular weight is 311 g/mol. The summed E-state index contributed by atoms with van der Waals surface area (Å²) in [4.78, 5) is 12.0. The number of nitrogens with one attached hydrogen (secondary N) is 1. The standard InChI is InChI=1S/C20H25NO2/c1-15-9-12-19(13-16(15)2)23-14-20(22)21-17(3)10-11-18-7-5-4-6-8-18/h4-9,12-13,17H,10-11,14H2,1-3H3,(H,21,22)/t17-/m1/s1. The maximum atomic E-state index is 12.0. The molecule has 0 fully saturated rings. The lowest BCUT2D eigenvalue weighted by molar-refractivity contribution is -0.123. The lowest BCUT2D eigenvalue weighted by Gasteiger charge is -2.14. The van der Waals surface area contributed by atoms with Crippen LogP contribution in [0.5, 0.6) is 5.75 Å². The normalized spacial score (nSPS) is 11.8. The lowest BCUT2D eigenvalue weighted by Crippen LogP contribution is -2.36. The molecule has 2 aromatic carbocycles. The molecular formula is C20H25NO2. The van der Waals surface area contributed by atoms with Crippen LogP contribution in [-0.2, 0) is 11.2 Å². The van der Waals surface area contributed by atoms with Crippen LogP contribution in [0.4, 0.5) is 0 Å². The Morgan fingerprint density at radius 2 is 1.83 bits per heavy atom. The van der Waals surface area contributed by atoms with Crippen molar-refractivity contribution in [1.29, 1.82) is 0 Å². The summed E-state index contributed by atoms with van der Waals surface area (Å²) < 4.78 is 5.56. The van der Waals surface area contributed by atoms with E-state index < -0.39 is 0 Å². The maximum Gasteiger partial charge on any atom is 0.258 e. The maximum absolute atomic E-state index is 12.0. The van der Waals surface area contributed by atoms with E-state index in [2.05, 4.69) is 24.4 Å². The molecule has 2 rings (SSSR count). The first-order chi connectivity index (χ1) is 11.0. The SMILES string of the molecule is Cc1ccc(OCC(=O)N[C@H](C)CCc2ccccc2)cc1C. The van der Waals surface area contributed by atoms with Crippen LogP contribution < -0.4 is 10.1 Å². The van der Waals surface area contributed by atoms with Crippen molar-refractivity contribution >= 4 is 5.91 Å². The predicted octanol–water partition coefficient (Wildman–Crippen LogP) is 3.82. The van der Waals surface area contributed by atoms with Crippen molar-refractivity contribution in [3.05, 3.63) is 65.2 Å². The zero-order valence-corrected chi connectivity index (χ0v) is 14.1. The number of amides is 1. The first-order valence-electron chi connectivity index (χ1n) is 8.08. The highest BCUT2D eigenvalue weighted by molar-refractivity contribution is 5.77. The minimum absolute atomic E-state index is 0.0537. The average Bonchev–Trinajstić information content (AvgIpc) is 2.55. The molecule has 0 heterocycles. The van der Waals surface area contributed by atoms with Gasteiger partial charge in [-0.25, -0.2) is 0 Å². The topological polar surface area (TPSA) is 38.3 Å². The molecule has 0 aliphatic heterocycles. The van der Waals surface area contributed by atoms with Crippen LogP contribution in [0, 0.1) is 13.8 Å². The fraction of sp³-hybridized carbons (Fsp3) is 0.350. The van der Waals surface area contributed by atoms with Crippen LogP contribution in [0.15, 0.2) is 48.5 Å². The molecule has 0 saturated heterocycles. The Morgan fingerprint density at radius 1 is 1.09 bits per heavy atom. The molecule has 0 aliphatic rings. The molecule has 23 heavy (non-hydrogen) atoms. The molecular weight excluding hydrogens is 286 g/mol. The van der Waals surface area contributed by atoms with Gasteiger partial charge in [-0.15, -0.1) is 0 Å². The van der Waals surface area contributed by atoms with E-state index in [1.54, 1.807) is 0 Å². The number of hydrogen-bond acceptors (Lipinski definition) is 2. The summed E-state index contributed by atoms with van der Waals surface area (Å²) in [6, 6.07) is 16.3. The lowest BCUT2D eigenvalue weighted by atomic mass is 10.1. The van der Waals surface area contributed by atoms with Crippen molar-refractivity contribution < 1.29 is 9.53 Å². The van der Waals surface area contributed by atoms with Gasteiger partial charge in [-0.2, -0.15) is 0 Å². The summed E-state index contributed by atoms with van der Waals surface area (Å²) in [5, 5.41) is 2.98. The van der Waals surface area contributed by atoms with Crippen molar-refractivity contribution in [1.82, 2.24) is 5.32 Å². The number of aryl methyl sites for hydroxylation is 3. The molecule has 0 bridgehead atoms. The third kappa shape index (κ3) is 5.78. The van der Waals surface area contributed by atoms with E-state index in [1.165, 1.54) is 16.7 Å². The Kier molecular flexibility index (Phi) is 6.21. The van der Waals surface area contributed by atoms with Crippen molar-refractivity contribution in [3.8, 4) is 5.75 Å². The van der Waals surface area contributed by atoms with Crippen LogP contribution in [0.3, 0.4) is 0 Å².